The van der Waals surface area contributed by atoms with Crippen LogP contribution in [0.4, 0.5) is 0 Å². The quantitative estimate of drug-likeness (QED) is 0.574. The van der Waals surface area contributed by atoms with E-state index in [0.29, 0.717) is 24.2 Å². The molecule has 2 aliphatic rings. The zero-order chi connectivity index (χ0) is 9.26. The molecule has 0 unspecified atom stereocenters. The van der Waals surface area contributed by atoms with Gasteiger partial charge in [-0.05, 0) is 18.8 Å². The molecule has 0 aromatic rings. The summed E-state index contributed by atoms with van der Waals surface area (Å²) in [5.41, 5.74) is 0. The summed E-state index contributed by atoms with van der Waals surface area (Å²) in [5, 5.41) is 0. The lowest BCUT2D eigenvalue weighted by Crippen LogP contribution is -2.22. The number of fused-ring (bicyclic) bond motifs is 2. The smallest absolute Gasteiger partial charge is 0.135 e. The van der Waals surface area contributed by atoms with Crippen molar-refractivity contribution in [3.05, 3.63) is 0 Å². The summed E-state index contributed by atoms with van der Waals surface area (Å²) in [4.78, 5) is 11.5. The van der Waals surface area contributed by atoms with E-state index in [4.69, 9.17) is 4.74 Å². The fraction of sp³-hybridized carbons (Fsp3) is 0.909. The van der Waals surface area contributed by atoms with Crippen LogP contribution in [0, 0.1) is 5.92 Å². The van der Waals surface area contributed by atoms with Gasteiger partial charge >= 0.3 is 0 Å². The predicted molar refractivity (Wildman–Crippen MR) is 50.5 cm³/mol. The molecule has 2 fully saturated rings. The van der Waals surface area contributed by atoms with E-state index >= 15 is 0 Å². The summed E-state index contributed by atoms with van der Waals surface area (Å²) in [6.07, 6.45) is 6.77. The summed E-state index contributed by atoms with van der Waals surface area (Å²) in [6.45, 7) is 2.15. The second kappa shape index (κ2) is 3.79. The highest BCUT2D eigenvalue weighted by Gasteiger charge is 2.31. The van der Waals surface area contributed by atoms with Gasteiger partial charge in [0.25, 0.3) is 0 Å². The topological polar surface area (TPSA) is 26.3 Å². The summed E-state index contributed by atoms with van der Waals surface area (Å²) in [5.74, 6) is 0.845. The third-order valence-corrected chi connectivity index (χ3v) is 3.27. The molecule has 2 bridgehead atoms. The van der Waals surface area contributed by atoms with Crippen LogP contribution in [0.25, 0.3) is 0 Å². The maximum Gasteiger partial charge on any atom is 0.135 e. The van der Waals surface area contributed by atoms with E-state index < -0.39 is 0 Å². The number of hydrogen-bond donors (Lipinski definition) is 0. The maximum absolute atomic E-state index is 11.5. The Hall–Kier alpha value is -0.370. The van der Waals surface area contributed by atoms with Gasteiger partial charge in [0.1, 0.15) is 5.78 Å². The van der Waals surface area contributed by atoms with Crippen molar-refractivity contribution >= 4 is 5.78 Å². The van der Waals surface area contributed by atoms with Gasteiger partial charge in [0.2, 0.25) is 0 Å². The Kier molecular flexibility index (Phi) is 2.68. The third kappa shape index (κ3) is 2.11. The fourth-order valence-electron chi connectivity index (χ4n) is 2.50. The van der Waals surface area contributed by atoms with Crippen molar-refractivity contribution in [2.75, 3.05) is 0 Å². The first-order chi connectivity index (χ1) is 6.25. The fourth-order valence-corrected chi connectivity index (χ4v) is 2.50. The van der Waals surface area contributed by atoms with E-state index in [1.165, 1.54) is 12.8 Å². The van der Waals surface area contributed by atoms with E-state index in [1.807, 2.05) is 0 Å². The van der Waals surface area contributed by atoms with Gasteiger partial charge in [-0.25, -0.2) is 0 Å². The van der Waals surface area contributed by atoms with Crippen molar-refractivity contribution in [1.82, 2.24) is 0 Å². The van der Waals surface area contributed by atoms with Gasteiger partial charge in [-0.15, -0.1) is 0 Å². The molecule has 0 amide bonds. The molecule has 0 aromatic carbocycles. The van der Waals surface area contributed by atoms with Crippen molar-refractivity contribution in [3.8, 4) is 0 Å². The second-order valence-corrected chi connectivity index (χ2v) is 4.51. The molecule has 2 rings (SSSR count). The molecule has 0 saturated carbocycles. The summed E-state index contributed by atoms with van der Waals surface area (Å²) in [6, 6.07) is 0. The van der Waals surface area contributed by atoms with Gasteiger partial charge in [-0.3, -0.25) is 4.79 Å². The van der Waals surface area contributed by atoms with Crippen LogP contribution in [-0.2, 0) is 9.53 Å². The molecule has 2 saturated heterocycles. The standard InChI is InChI=1S/C11H18O2/c1-8-6-9(12)7-10-4-2-3-5-11(8)13-10/h8,10-11H,2-7H2,1H3/t8-,10-,11+/m1/s1. The first kappa shape index (κ1) is 9.20. The molecule has 0 N–H and O–H groups in total. The molecule has 0 aliphatic carbocycles. The molecule has 74 valence electrons. The van der Waals surface area contributed by atoms with Crippen LogP contribution >= 0.6 is 0 Å². The van der Waals surface area contributed by atoms with E-state index in [9.17, 15) is 4.79 Å². The lowest BCUT2D eigenvalue weighted by Gasteiger charge is -2.21. The number of hydrogen-bond acceptors (Lipinski definition) is 2. The molecule has 2 heteroatoms. The summed E-state index contributed by atoms with van der Waals surface area (Å²) in [7, 11) is 0. The normalized spacial score (nSPS) is 41.0. The average Bonchev–Trinajstić information content (AvgIpc) is 2.35. The first-order valence-corrected chi connectivity index (χ1v) is 5.43. The Morgan fingerprint density at radius 2 is 2.00 bits per heavy atom. The third-order valence-electron chi connectivity index (χ3n) is 3.27. The lowest BCUT2D eigenvalue weighted by atomic mass is 9.93. The van der Waals surface area contributed by atoms with Crippen molar-refractivity contribution < 1.29 is 9.53 Å². The Morgan fingerprint density at radius 3 is 2.85 bits per heavy atom. The highest BCUT2D eigenvalue weighted by molar-refractivity contribution is 5.79. The predicted octanol–water partition coefficient (Wildman–Crippen LogP) is 2.31. The van der Waals surface area contributed by atoms with Crippen LogP contribution in [0.1, 0.15) is 45.4 Å². The molecule has 0 aromatic heterocycles. The minimum absolute atomic E-state index is 0.241. The molecule has 3 atom stereocenters. The second-order valence-electron chi connectivity index (χ2n) is 4.51. The molecule has 2 aliphatic heterocycles. The summed E-state index contributed by atoms with van der Waals surface area (Å²) >= 11 is 0. The zero-order valence-electron chi connectivity index (χ0n) is 8.29. The first-order valence-electron chi connectivity index (χ1n) is 5.43. The van der Waals surface area contributed by atoms with Crippen LogP contribution in [0.15, 0.2) is 0 Å². The number of carbonyl (C=O) groups excluding carboxylic acids is 1. The average molecular weight is 182 g/mol. The Balaban J connectivity index is 2.10. The van der Waals surface area contributed by atoms with Gasteiger partial charge in [0.15, 0.2) is 0 Å². The van der Waals surface area contributed by atoms with E-state index in [0.717, 1.165) is 19.3 Å². The lowest BCUT2D eigenvalue weighted by molar-refractivity contribution is -0.120. The minimum atomic E-state index is 0.241. The van der Waals surface area contributed by atoms with Crippen LogP contribution in [0.5, 0.6) is 0 Å². The van der Waals surface area contributed by atoms with Gasteiger partial charge in [-0.1, -0.05) is 19.8 Å². The zero-order valence-corrected chi connectivity index (χ0v) is 8.29. The van der Waals surface area contributed by atoms with E-state index in [-0.39, 0.29) is 6.10 Å². The number of rotatable bonds is 0. The monoisotopic (exact) mass is 182 g/mol. The minimum Gasteiger partial charge on any atom is -0.374 e. The van der Waals surface area contributed by atoms with Crippen molar-refractivity contribution in [3.63, 3.8) is 0 Å². The molecular weight excluding hydrogens is 164 g/mol. The molecule has 0 radical (unpaired) electrons. The highest BCUT2D eigenvalue weighted by atomic mass is 16.5. The molecule has 0 spiro atoms. The van der Waals surface area contributed by atoms with Gasteiger partial charge in [0.05, 0.1) is 12.2 Å². The Bertz CT molecular complexity index is 200. The van der Waals surface area contributed by atoms with Gasteiger partial charge < -0.3 is 4.74 Å². The number of carbonyl (C=O) groups is 1. The number of ether oxygens (including phenoxy) is 1. The van der Waals surface area contributed by atoms with Crippen molar-refractivity contribution in [2.45, 2.75) is 57.7 Å². The molecule has 2 nitrogen and oxygen atoms in total. The Labute approximate surface area is 79.7 Å². The highest BCUT2D eigenvalue weighted by Crippen LogP contribution is 2.30. The van der Waals surface area contributed by atoms with Crippen LogP contribution in [-0.4, -0.2) is 18.0 Å². The SMILES string of the molecule is C[C@@H]1CC(=O)C[C@H]2CCCC[C@@H]1O2. The summed E-state index contributed by atoms with van der Waals surface area (Å²) < 4.78 is 5.93. The van der Waals surface area contributed by atoms with Crippen LogP contribution in [0.2, 0.25) is 0 Å². The molecule has 13 heavy (non-hydrogen) atoms. The van der Waals surface area contributed by atoms with Crippen molar-refractivity contribution in [1.29, 1.82) is 0 Å². The van der Waals surface area contributed by atoms with Gasteiger partial charge in [0, 0.05) is 12.8 Å². The maximum atomic E-state index is 11.5. The van der Waals surface area contributed by atoms with E-state index in [2.05, 4.69) is 6.92 Å². The molecule has 2 heterocycles. The number of ketones is 1. The van der Waals surface area contributed by atoms with Crippen molar-refractivity contribution in [2.24, 2.45) is 5.92 Å². The van der Waals surface area contributed by atoms with Gasteiger partial charge in [-0.2, -0.15) is 0 Å². The van der Waals surface area contributed by atoms with E-state index in [1.54, 1.807) is 0 Å². The molecular formula is C11H18O2. The van der Waals surface area contributed by atoms with Crippen LogP contribution < -0.4 is 0 Å². The van der Waals surface area contributed by atoms with Crippen LogP contribution in [0.3, 0.4) is 0 Å². The number of Topliss-reactive ketones (excluding diaryl/α,β-unsaturated/α-hetero) is 1. The largest absolute Gasteiger partial charge is 0.374 e. The Morgan fingerprint density at radius 1 is 1.23 bits per heavy atom.